The summed E-state index contributed by atoms with van der Waals surface area (Å²) in [6, 6.07) is 0.0708. The number of piperidine rings is 1. The molecule has 1 aliphatic heterocycles. The van der Waals surface area contributed by atoms with Gasteiger partial charge in [-0.25, -0.2) is 0 Å². The summed E-state index contributed by atoms with van der Waals surface area (Å²) in [6.45, 7) is 5.15. The third-order valence-corrected chi connectivity index (χ3v) is 3.38. The van der Waals surface area contributed by atoms with Gasteiger partial charge in [0.25, 0.3) is 0 Å². The molecule has 0 radical (unpaired) electrons. The Bertz CT molecular complexity index is 305. The van der Waals surface area contributed by atoms with Gasteiger partial charge in [0.05, 0.1) is 5.92 Å². The molecule has 0 aromatic rings. The van der Waals surface area contributed by atoms with Crippen LogP contribution in [0.3, 0.4) is 0 Å². The van der Waals surface area contributed by atoms with Gasteiger partial charge in [-0.2, -0.15) is 0 Å². The van der Waals surface area contributed by atoms with Crippen molar-refractivity contribution in [2.24, 2.45) is 17.6 Å². The van der Waals surface area contributed by atoms with Gasteiger partial charge in [0.15, 0.2) is 0 Å². The van der Waals surface area contributed by atoms with E-state index in [-0.39, 0.29) is 23.8 Å². The van der Waals surface area contributed by atoms with Crippen molar-refractivity contribution in [3.05, 3.63) is 0 Å². The molecular formula is C13H25N3O2. The molecule has 5 heteroatoms. The van der Waals surface area contributed by atoms with Crippen LogP contribution in [0, 0.1) is 11.8 Å². The molecule has 104 valence electrons. The number of carbonyl (C=O) groups is 2. The lowest BCUT2D eigenvalue weighted by atomic mass is 9.95. The molecule has 1 heterocycles. The highest BCUT2D eigenvalue weighted by molar-refractivity contribution is 5.80. The molecule has 0 aromatic heterocycles. The smallest absolute Gasteiger partial charge is 0.224 e. The van der Waals surface area contributed by atoms with Crippen LogP contribution >= 0.6 is 0 Å². The normalized spacial score (nSPS) is 22.2. The van der Waals surface area contributed by atoms with E-state index in [0.29, 0.717) is 25.4 Å². The minimum Gasteiger partial charge on any atom is -0.351 e. The quantitative estimate of drug-likeness (QED) is 0.744. The van der Waals surface area contributed by atoms with Crippen molar-refractivity contribution in [1.82, 2.24) is 10.2 Å². The molecule has 2 atom stereocenters. The molecule has 3 N–H and O–H groups in total. The maximum absolute atomic E-state index is 12.1. The first-order valence-electron chi connectivity index (χ1n) is 6.68. The molecule has 2 unspecified atom stereocenters. The number of nitrogens with two attached hydrogens (primary N) is 1. The van der Waals surface area contributed by atoms with Gasteiger partial charge in [-0.15, -0.1) is 0 Å². The van der Waals surface area contributed by atoms with Gasteiger partial charge in [-0.05, 0) is 18.8 Å². The first kappa shape index (κ1) is 15.0. The lowest BCUT2D eigenvalue weighted by molar-refractivity contribution is -0.134. The van der Waals surface area contributed by atoms with E-state index in [9.17, 15) is 9.59 Å². The second-order valence-corrected chi connectivity index (χ2v) is 5.58. The standard InChI is InChI=1S/C13H25N3O2/c1-9(2)6-10(7-14)13(18)15-11-4-5-12(17)16(3)8-11/h9-11H,4-8,14H2,1-3H3,(H,15,18). The highest BCUT2D eigenvalue weighted by atomic mass is 16.2. The highest BCUT2D eigenvalue weighted by Gasteiger charge is 2.26. The Hall–Kier alpha value is -1.10. The molecule has 2 amide bonds. The number of rotatable bonds is 5. The third kappa shape index (κ3) is 4.29. The van der Waals surface area contributed by atoms with Crippen molar-refractivity contribution in [2.45, 2.75) is 39.2 Å². The summed E-state index contributed by atoms with van der Waals surface area (Å²) in [7, 11) is 1.77. The van der Waals surface area contributed by atoms with Gasteiger partial charge in [-0.1, -0.05) is 13.8 Å². The minimum atomic E-state index is -0.118. The number of hydrogen-bond acceptors (Lipinski definition) is 3. The molecule has 18 heavy (non-hydrogen) atoms. The van der Waals surface area contributed by atoms with E-state index >= 15 is 0 Å². The average Bonchev–Trinajstić information content (AvgIpc) is 2.30. The first-order valence-corrected chi connectivity index (χ1v) is 6.68. The predicted octanol–water partition coefficient (Wildman–Crippen LogP) is 0.344. The zero-order chi connectivity index (χ0) is 13.7. The monoisotopic (exact) mass is 255 g/mol. The topological polar surface area (TPSA) is 75.4 Å². The molecule has 1 saturated heterocycles. The zero-order valence-electron chi connectivity index (χ0n) is 11.6. The van der Waals surface area contributed by atoms with Crippen LogP contribution in [0.15, 0.2) is 0 Å². The number of nitrogens with one attached hydrogen (secondary N) is 1. The van der Waals surface area contributed by atoms with E-state index in [0.717, 1.165) is 12.8 Å². The van der Waals surface area contributed by atoms with Gasteiger partial charge in [0.2, 0.25) is 11.8 Å². The fourth-order valence-corrected chi connectivity index (χ4v) is 2.33. The van der Waals surface area contributed by atoms with Crippen LogP contribution < -0.4 is 11.1 Å². The maximum atomic E-state index is 12.1. The van der Waals surface area contributed by atoms with E-state index in [1.165, 1.54) is 0 Å². The number of amides is 2. The number of hydrogen-bond donors (Lipinski definition) is 2. The van der Waals surface area contributed by atoms with Crippen molar-refractivity contribution in [2.75, 3.05) is 20.1 Å². The van der Waals surface area contributed by atoms with E-state index < -0.39 is 0 Å². The Morgan fingerprint density at radius 3 is 2.72 bits per heavy atom. The fourth-order valence-electron chi connectivity index (χ4n) is 2.33. The van der Waals surface area contributed by atoms with Gasteiger partial charge in [-0.3, -0.25) is 9.59 Å². The van der Waals surface area contributed by atoms with Crippen LogP contribution in [0.4, 0.5) is 0 Å². The summed E-state index contributed by atoms with van der Waals surface area (Å²) >= 11 is 0. The zero-order valence-corrected chi connectivity index (χ0v) is 11.6. The number of carbonyl (C=O) groups excluding carboxylic acids is 2. The predicted molar refractivity (Wildman–Crippen MR) is 70.8 cm³/mol. The summed E-state index contributed by atoms with van der Waals surface area (Å²) in [5.41, 5.74) is 5.65. The number of nitrogens with zero attached hydrogens (tertiary/aromatic N) is 1. The summed E-state index contributed by atoms with van der Waals surface area (Å²) in [5, 5.41) is 3.01. The average molecular weight is 255 g/mol. The summed E-state index contributed by atoms with van der Waals surface area (Å²) in [4.78, 5) is 25.1. The Balaban J connectivity index is 2.45. The van der Waals surface area contributed by atoms with Crippen molar-refractivity contribution < 1.29 is 9.59 Å². The molecule has 0 saturated carbocycles. The third-order valence-electron chi connectivity index (χ3n) is 3.38. The molecule has 1 fully saturated rings. The van der Waals surface area contributed by atoms with Crippen molar-refractivity contribution in [3.63, 3.8) is 0 Å². The molecule has 0 bridgehead atoms. The van der Waals surface area contributed by atoms with Gasteiger partial charge in [0.1, 0.15) is 0 Å². The van der Waals surface area contributed by atoms with Gasteiger partial charge >= 0.3 is 0 Å². The minimum absolute atomic E-state index is 0.0268. The number of likely N-dealkylation sites (tertiary alicyclic amines) is 1. The van der Waals surface area contributed by atoms with Crippen LogP contribution in [-0.4, -0.2) is 42.9 Å². The molecule has 0 aromatic carbocycles. The molecule has 0 aliphatic carbocycles. The summed E-state index contributed by atoms with van der Waals surface area (Å²) in [5.74, 6) is 0.518. The van der Waals surface area contributed by atoms with Crippen molar-refractivity contribution in [3.8, 4) is 0 Å². The summed E-state index contributed by atoms with van der Waals surface area (Å²) < 4.78 is 0. The second kappa shape index (κ2) is 6.73. The van der Waals surface area contributed by atoms with Crippen LogP contribution in [0.5, 0.6) is 0 Å². The molecule has 5 nitrogen and oxygen atoms in total. The Kier molecular flexibility index (Phi) is 5.59. The lowest BCUT2D eigenvalue weighted by Gasteiger charge is -2.31. The Morgan fingerprint density at radius 1 is 1.56 bits per heavy atom. The SMILES string of the molecule is CC(C)CC(CN)C(=O)NC1CCC(=O)N(C)C1. The summed E-state index contributed by atoms with van der Waals surface area (Å²) in [6.07, 6.45) is 2.05. The molecule has 1 rings (SSSR count). The van der Waals surface area contributed by atoms with Gasteiger partial charge in [0, 0.05) is 32.6 Å². The van der Waals surface area contributed by atoms with E-state index in [4.69, 9.17) is 5.73 Å². The van der Waals surface area contributed by atoms with Crippen LogP contribution in [0.25, 0.3) is 0 Å². The van der Waals surface area contributed by atoms with Gasteiger partial charge < -0.3 is 16.0 Å². The Morgan fingerprint density at radius 2 is 2.22 bits per heavy atom. The largest absolute Gasteiger partial charge is 0.351 e. The van der Waals surface area contributed by atoms with Crippen LogP contribution in [-0.2, 0) is 9.59 Å². The van der Waals surface area contributed by atoms with Crippen LogP contribution in [0.1, 0.15) is 33.1 Å². The fraction of sp³-hybridized carbons (Fsp3) is 0.846. The molecular weight excluding hydrogens is 230 g/mol. The van der Waals surface area contributed by atoms with Crippen LogP contribution in [0.2, 0.25) is 0 Å². The first-order chi connectivity index (χ1) is 8.43. The Labute approximate surface area is 109 Å². The highest BCUT2D eigenvalue weighted by Crippen LogP contribution is 2.13. The molecule has 0 spiro atoms. The van der Waals surface area contributed by atoms with E-state index in [2.05, 4.69) is 19.2 Å². The van der Waals surface area contributed by atoms with Crippen molar-refractivity contribution in [1.29, 1.82) is 0 Å². The van der Waals surface area contributed by atoms with E-state index in [1.807, 2.05) is 0 Å². The van der Waals surface area contributed by atoms with Crippen molar-refractivity contribution >= 4 is 11.8 Å². The maximum Gasteiger partial charge on any atom is 0.224 e. The number of likely N-dealkylation sites (N-methyl/N-ethyl adjacent to an activating group) is 1. The second-order valence-electron chi connectivity index (χ2n) is 5.58. The molecule has 1 aliphatic rings. The van der Waals surface area contributed by atoms with E-state index in [1.54, 1.807) is 11.9 Å². The lowest BCUT2D eigenvalue weighted by Crippen LogP contribution is -2.50.